The maximum atomic E-state index is 12.0. The van der Waals surface area contributed by atoms with E-state index in [1.165, 1.54) is 15.1 Å². The van der Waals surface area contributed by atoms with Gasteiger partial charge in [0.25, 0.3) is 0 Å². The molecule has 3 heterocycles. The molecule has 0 radical (unpaired) electrons. The van der Waals surface area contributed by atoms with Crippen molar-refractivity contribution in [3.63, 3.8) is 0 Å². The number of fused-ring (bicyclic) bond motifs is 2. The number of likely N-dealkylation sites (N-methyl/N-ethyl adjacent to an activating group) is 1. The number of halogens is 1. The van der Waals surface area contributed by atoms with Crippen molar-refractivity contribution in [3.8, 4) is 10.6 Å². The molecule has 1 aliphatic rings. The van der Waals surface area contributed by atoms with Crippen LogP contribution in [0.25, 0.3) is 20.8 Å². The van der Waals surface area contributed by atoms with Gasteiger partial charge in [0.2, 0.25) is 5.91 Å². The molecule has 4 nitrogen and oxygen atoms in total. The summed E-state index contributed by atoms with van der Waals surface area (Å²) in [6, 6.07) is 8.23. The minimum absolute atomic E-state index is 0. The highest BCUT2D eigenvalue weighted by atomic mass is 35.5. The third-order valence-electron chi connectivity index (χ3n) is 4.66. The number of carbonyl (C=O) groups excluding carboxylic acids is 1. The van der Waals surface area contributed by atoms with Crippen LogP contribution in [0.15, 0.2) is 24.3 Å². The fraction of sp³-hybridized carbons (Fsp3) is 0.368. The van der Waals surface area contributed by atoms with Gasteiger partial charge in [0.15, 0.2) is 0 Å². The van der Waals surface area contributed by atoms with Crippen LogP contribution in [0, 0.1) is 0 Å². The standard InChI is InChI=1S/C19H21N3OS2.ClH/c1-3-16(23)21-19-17(12-9-10-22(4-2)11-15(12)25-19)18-20-13-7-5-6-8-14(13)24-18;/h5-8H,3-4,9-11H2,1-2H3,(H,21,23);1H. The van der Waals surface area contributed by atoms with Crippen molar-refractivity contribution in [1.29, 1.82) is 0 Å². The molecule has 0 aliphatic carbocycles. The van der Waals surface area contributed by atoms with Crippen LogP contribution in [0.3, 0.4) is 0 Å². The van der Waals surface area contributed by atoms with Gasteiger partial charge in [0.1, 0.15) is 10.0 Å². The number of amides is 1. The molecule has 0 saturated heterocycles. The predicted molar refractivity (Wildman–Crippen MR) is 114 cm³/mol. The lowest BCUT2D eigenvalue weighted by Gasteiger charge is -2.25. The third-order valence-corrected chi connectivity index (χ3v) is 6.85. The quantitative estimate of drug-likeness (QED) is 0.648. The number of para-hydroxylation sites is 1. The number of aromatic nitrogens is 1. The summed E-state index contributed by atoms with van der Waals surface area (Å²) in [5.74, 6) is 0.0632. The molecule has 3 aromatic rings. The van der Waals surface area contributed by atoms with Gasteiger partial charge < -0.3 is 5.32 Å². The molecule has 0 fully saturated rings. The molecule has 0 atom stereocenters. The van der Waals surface area contributed by atoms with Gasteiger partial charge in [0, 0.05) is 30.0 Å². The van der Waals surface area contributed by atoms with E-state index in [0.29, 0.717) is 6.42 Å². The Hall–Kier alpha value is -1.47. The van der Waals surface area contributed by atoms with Crippen molar-refractivity contribution < 1.29 is 4.79 Å². The average Bonchev–Trinajstić information content (AvgIpc) is 3.20. The molecular weight excluding hydrogens is 386 g/mol. The van der Waals surface area contributed by atoms with Crippen molar-refractivity contribution in [3.05, 3.63) is 34.7 Å². The lowest BCUT2D eigenvalue weighted by atomic mass is 10.0. The Balaban J connectivity index is 0.00000196. The van der Waals surface area contributed by atoms with E-state index in [2.05, 4.69) is 29.3 Å². The van der Waals surface area contributed by atoms with Gasteiger partial charge in [-0.25, -0.2) is 4.98 Å². The number of rotatable bonds is 4. The van der Waals surface area contributed by atoms with E-state index in [1.807, 2.05) is 19.1 Å². The largest absolute Gasteiger partial charge is 0.317 e. The summed E-state index contributed by atoms with van der Waals surface area (Å²) in [4.78, 5) is 20.7. The van der Waals surface area contributed by atoms with E-state index in [9.17, 15) is 4.79 Å². The molecule has 1 aromatic carbocycles. The zero-order valence-corrected chi connectivity index (χ0v) is 17.3. The van der Waals surface area contributed by atoms with Crippen molar-refractivity contribution in [2.24, 2.45) is 0 Å². The topological polar surface area (TPSA) is 45.2 Å². The number of thiophene rings is 1. The van der Waals surface area contributed by atoms with Gasteiger partial charge in [-0.2, -0.15) is 0 Å². The molecule has 4 rings (SSSR count). The molecule has 0 saturated carbocycles. The summed E-state index contributed by atoms with van der Waals surface area (Å²) in [6.45, 7) is 7.19. The van der Waals surface area contributed by atoms with Gasteiger partial charge in [-0.1, -0.05) is 26.0 Å². The van der Waals surface area contributed by atoms with Crippen molar-refractivity contribution >= 4 is 56.2 Å². The van der Waals surface area contributed by atoms with Crippen LogP contribution in [0.1, 0.15) is 30.7 Å². The number of thiazole rings is 1. The smallest absolute Gasteiger partial charge is 0.224 e. The molecule has 2 aromatic heterocycles. The van der Waals surface area contributed by atoms with E-state index < -0.39 is 0 Å². The summed E-state index contributed by atoms with van der Waals surface area (Å²) in [6.07, 6.45) is 1.51. The highest BCUT2D eigenvalue weighted by Gasteiger charge is 2.27. The Labute approximate surface area is 167 Å². The molecule has 0 unspecified atom stereocenters. The van der Waals surface area contributed by atoms with Gasteiger partial charge in [0.05, 0.1) is 10.2 Å². The Bertz CT molecular complexity index is 901. The first kappa shape index (κ1) is 19.3. The Morgan fingerprint density at radius 1 is 1.27 bits per heavy atom. The maximum Gasteiger partial charge on any atom is 0.224 e. The number of anilines is 1. The molecule has 1 amide bonds. The fourth-order valence-electron chi connectivity index (χ4n) is 3.23. The third kappa shape index (κ3) is 3.51. The molecule has 7 heteroatoms. The molecule has 1 N–H and O–H groups in total. The Kier molecular flexibility index (Phi) is 5.97. The van der Waals surface area contributed by atoms with Crippen LogP contribution in [0.2, 0.25) is 0 Å². The van der Waals surface area contributed by atoms with Crippen LogP contribution >= 0.6 is 35.1 Å². The number of nitrogens with zero attached hydrogens (tertiary/aromatic N) is 2. The van der Waals surface area contributed by atoms with Crippen LogP contribution < -0.4 is 5.32 Å². The summed E-state index contributed by atoms with van der Waals surface area (Å²) in [5.41, 5.74) is 3.56. The first-order chi connectivity index (χ1) is 12.2. The number of benzene rings is 1. The second-order valence-corrected chi connectivity index (χ2v) is 8.35. The zero-order valence-electron chi connectivity index (χ0n) is 14.9. The number of hydrogen-bond acceptors (Lipinski definition) is 5. The minimum atomic E-state index is 0. The molecule has 138 valence electrons. The molecule has 0 spiro atoms. The average molecular weight is 408 g/mol. The molecule has 26 heavy (non-hydrogen) atoms. The van der Waals surface area contributed by atoms with Crippen molar-refractivity contribution in [1.82, 2.24) is 9.88 Å². The Morgan fingerprint density at radius 3 is 2.81 bits per heavy atom. The number of nitrogens with one attached hydrogen (secondary N) is 1. The SMILES string of the molecule is CCC(=O)Nc1sc2c(c1-c1nc3ccccc3s1)CCN(CC)C2.Cl. The van der Waals surface area contributed by atoms with E-state index in [1.54, 1.807) is 22.7 Å². The summed E-state index contributed by atoms with van der Waals surface area (Å²) >= 11 is 3.44. The van der Waals surface area contributed by atoms with Crippen molar-refractivity contribution in [2.75, 3.05) is 18.4 Å². The van der Waals surface area contributed by atoms with E-state index in [-0.39, 0.29) is 18.3 Å². The lowest BCUT2D eigenvalue weighted by Crippen LogP contribution is -2.29. The predicted octanol–water partition coefficient (Wildman–Crippen LogP) is 5.17. The molecular formula is C19H22ClN3OS2. The van der Waals surface area contributed by atoms with Crippen LogP contribution in [-0.4, -0.2) is 28.9 Å². The van der Waals surface area contributed by atoms with Crippen LogP contribution in [-0.2, 0) is 17.8 Å². The summed E-state index contributed by atoms with van der Waals surface area (Å²) in [7, 11) is 0. The second kappa shape index (κ2) is 8.05. The van der Waals surface area contributed by atoms with E-state index in [0.717, 1.165) is 47.1 Å². The van der Waals surface area contributed by atoms with Crippen LogP contribution in [0.4, 0.5) is 5.00 Å². The fourth-order valence-corrected chi connectivity index (χ4v) is 5.65. The summed E-state index contributed by atoms with van der Waals surface area (Å²) < 4.78 is 1.19. The summed E-state index contributed by atoms with van der Waals surface area (Å²) in [5, 5.41) is 5.11. The maximum absolute atomic E-state index is 12.0. The molecule has 1 aliphatic heterocycles. The van der Waals surface area contributed by atoms with Crippen molar-refractivity contribution in [2.45, 2.75) is 33.2 Å². The number of hydrogen-bond donors (Lipinski definition) is 1. The highest BCUT2D eigenvalue weighted by Crippen LogP contribution is 2.45. The second-order valence-electron chi connectivity index (χ2n) is 6.22. The lowest BCUT2D eigenvalue weighted by molar-refractivity contribution is -0.115. The van der Waals surface area contributed by atoms with Gasteiger partial charge in [-0.3, -0.25) is 9.69 Å². The zero-order chi connectivity index (χ0) is 17.4. The normalized spacial score (nSPS) is 14.1. The highest BCUT2D eigenvalue weighted by molar-refractivity contribution is 7.22. The molecule has 0 bridgehead atoms. The monoisotopic (exact) mass is 407 g/mol. The van der Waals surface area contributed by atoms with Crippen LogP contribution in [0.5, 0.6) is 0 Å². The first-order valence-electron chi connectivity index (χ1n) is 8.72. The van der Waals surface area contributed by atoms with E-state index >= 15 is 0 Å². The van der Waals surface area contributed by atoms with E-state index in [4.69, 9.17) is 4.98 Å². The first-order valence-corrected chi connectivity index (χ1v) is 10.4. The number of carbonyl (C=O) groups is 1. The van der Waals surface area contributed by atoms with Gasteiger partial charge >= 0.3 is 0 Å². The van der Waals surface area contributed by atoms with Gasteiger partial charge in [-0.05, 0) is 30.7 Å². The van der Waals surface area contributed by atoms with Gasteiger partial charge in [-0.15, -0.1) is 35.1 Å². The Morgan fingerprint density at radius 2 is 2.08 bits per heavy atom. The minimum Gasteiger partial charge on any atom is -0.317 e.